The number of aliphatic hydroxyl groups is 7. The molecule has 12 heteroatoms. The zero-order chi connectivity index (χ0) is 34.7. The normalized spacial score (nSPS) is 54.4. The number of hydrogen-bond acceptors (Lipinski definition) is 11. The van der Waals surface area contributed by atoms with Crippen molar-refractivity contribution in [3.8, 4) is 0 Å². The van der Waals surface area contributed by atoms with Crippen LogP contribution in [0.3, 0.4) is 0 Å². The molecule has 5 fully saturated rings. The van der Waals surface area contributed by atoms with Gasteiger partial charge < -0.3 is 55.1 Å². The number of allylic oxidation sites excluding steroid dienone is 2. The number of fused-ring (bicyclic) bond motifs is 7. The molecule has 0 aromatic carbocycles. The van der Waals surface area contributed by atoms with Crippen molar-refractivity contribution >= 4 is 5.97 Å². The minimum Gasteiger partial charge on any atom is -0.549 e. The third kappa shape index (κ3) is 5.23. The Morgan fingerprint density at radius 1 is 0.917 bits per heavy atom. The number of hydrogen-bond donors (Lipinski definition) is 7. The average molecular weight is 689 g/mol. The van der Waals surface area contributed by atoms with Crippen LogP contribution in [0.15, 0.2) is 11.6 Å². The SMILES string of the molecule is CC1(C)CC[C@]2(C(=O)[O-])[C@H](O)C[C@]3(C)C(=CC[C@@H]4[C@@]5(C)C[C@H](O)[C@H](O[C@@H]6O[C@H](CO)[C@@H](O)[C@H](O)[C@H]6O)[C@@](C)(CO)[C@@H]5CC[C@]43C)[C@@H]2C1.[Na+]. The van der Waals surface area contributed by atoms with Crippen molar-refractivity contribution in [3.05, 3.63) is 11.6 Å². The van der Waals surface area contributed by atoms with Crippen molar-refractivity contribution in [1.29, 1.82) is 0 Å². The Labute approximate surface area is 306 Å². The Hall–Kier alpha value is -0.150. The van der Waals surface area contributed by atoms with E-state index in [1.165, 1.54) is 0 Å². The molecule has 6 aliphatic rings. The van der Waals surface area contributed by atoms with Crippen molar-refractivity contribution in [2.45, 2.75) is 142 Å². The smallest absolute Gasteiger partial charge is 0.549 e. The van der Waals surface area contributed by atoms with Gasteiger partial charge in [0.15, 0.2) is 6.29 Å². The first-order chi connectivity index (χ1) is 21.8. The van der Waals surface area contributed by atoms with Crippen LogP contribution in [0.25, 0.3) is 0 Å². The van der Waals surface area contributed by atoms with Gasteiger partial charge in [-0.3, -0.25) is 0 Å². The monoisotopic (exact) mass is 688 g/mol. The quantitative estimate of drug-likeness (QED) is 0.0927. The fraction of sp³-hybridized carbons (Fsp3) is 0.917. The van der Waals surface area contributed by atoms with Crippen LogP contribution in [-0.4, -0.2) is 104 Å². The summed E-state index contributed by atoms with van der Waals surface area (Å²) in [7, 11) is 0. The Kier molecular flexibility index (Phi) is 10.4. The maximum atomic E-state index is 12.9. The fourth-order valence-electron chi connectivity index (χ4n) is 12.4. The summed E-state index contributed by atoms with van der Waals surface area (Å²) < 4.78 is 11.9. The zero-order valence-electron chi connectivity index (χ0n) is 29.8. The molecule has 1 saturated heterocycles. The molecule has 48 heavy (non-hydrogen) atoms. The average Bonchev–Trinajstić information content (AvgIpc) is 2.98. The van der Waals surface area contributed by atoms with E-state index in [1.54, 1.807) is 0 Å². The first-order valence-corrected chi connectivity index (χ1v) is 17.6. The number of aliphatic hydroxyl groups excluding tert-OH is 7. The molecule has 0 bridgehead atoms. The Morgan fingerprint density at radius 3 is 2.19 bits per heavy atom. The number of rotatable bonds is 5. The summed E-state index contributed by atoms with van der Waals surface area (Å²) in [6.07, 6.45) is -3.76. The van der Waals surface area contributed by atoms with Crippen LogP contribution < -0.4 is 34.7 Å². The van der Waals surface area contributed by atoms with Crippen molar-refractivity contribution in [2.75, 3.05) is 13.2 Å². The molecule has 1 heterocycles. The predicted octanol–water partition coefficient (Wildman–Crippen LogP) is -2.36. The van der Waals surface area contributed by atoms with Crippen molar-refractivity contribution in [2.24, 2.45) is 50.2 Å². The van der Waals surface area contributed by atoms with E-state index in [4.69, 9.17) is 9.47 Å². The van der Waals surface area contributed by atoms with Gasteiger partial charge in [-0.25, -0.2) is 0 Å². The Balaban J connectivity index is 0.00000451. The molecule has 0 unspecified atom stereocenters. The van der Waals surface area contributed by atoms with E-state index in [2.05, 4.69) is 40.7 Å². The van der Waals surface area contributed by atoms with Crippen molar-refractivity contribution < 1.29 is 84.7 Å². The standard InChI is InChI=1S/C36H58O11.Na/c1-31(2)11-12-36(30(44)45)19(13-31)18-7-8-23-32(3)14-20(39)28(47-29-27(43)26(42)25(41)21(16-37)46-29)33(4,17-38)22(32)9-10-34(23,5)35(18,6)15-24(36)40;/h7,19-29,37-43H,8-17H2,1-6H3,(H,44,45);/q;+1/p-1/t19-,20-,21+,22+,23+,24+,25+,26-,27+,28-,29-,32-,33-,34+,35+,36+;/m0./s1. The van der Waals surface area contributed by atoms with Crippen LogP contribution >= 0.6 is 0 Å². The van der Waals surface area contributed by atoms with Gasteiger partial charge in [0.2, 0.25) is 0 Å². The van der Waals surface area contributed by atoms with Gasteiger partial charge in [0.1, 0.15) is 24.4 Å². The third-order valence-corrected chi connectivity index (χ3v) is 15.2. The number of aliphatic carboxylic acids is 1. The maximum Gasteiger partial charge on any atom is 1.00 e. The minimum absolute atomic E-state index is 0. The van der Waals surface area contributed by atoms with Gasteiger partial charge in [0.25, 0.3) is 0 Å². The maximum absolute atomic E-state index is 12.9. The summed E-state index contributed by atoms with van der Waals surface area (Å²) in [5.41, 5.74) is -2.56. The summed E-state index contributed by atoms with van der Waals surface area (Å²) in [6.45, 7) is 12.0. The van der Waals surface area contributed by atoms with E-state index in [0.29, 0.717) is 44.9 Å². The molecule has 11 nitrogen and oxygen atoms in total. The number of carbonyl (C=O) groups excluding carboxylic acids is 1. The van der Waals surface area contributed by atoms with E-state index in [1.807, 2.05) is 6.92 Å². The van der Waals surface area contributed by atoms with Crippen LogP contribution in [0.2, 0.25) is 0 Å². The number of carboxylic acids is 1. The van der Waals surface area contributed by atoms with Crippen LogP contribution in [0.5, 0.6) is 0 Å². The molecule has 5 aliphatic carbocycles. The van der Waals surface area contributed by atoms with E-state index >= 15 is 0 Å². The molecule has 0 aromatic heterocycles. The van der Waals surface area contributed by atoms with Gasteiger partial charge in [0.05, 0.1) is 37.5 Å². The molecule has 0 aromatic rings. The Morgan fingerprint density at radius 2 is 1.58 bits per heavy atom. The topological polar surface area (TPSA) is 200 Å². The van der Waals surface area contributed by atoms with E-state index in [0.717, 1.165) is 12.0 Å². The van der Waals surface area contributed by atoms with Crippen LogP contribution in [0.4, 0.5) is 0 Å². The second-order valence-electron chi connectivity index (χ2n) is 18.0. The molecule has 0 amide bonds. The van der Waals surface area contributed by atoms with Gasteiger partial charge in [-0.2, -0.15) is 0 Å². The zero-order valence-corrected chi connectivity index (χ0v) is 31.8. The molecule has 6 rings (SSSR count). The molecule has 1 aliphatic heterocycles. The Bertz CT molecular complexity index is 1280. The first-order valence-electron chi connectivity index (χ1n) is 17.6. The van der Waals surface area contributed by atoms with Crippen LogP contribution in [-0.2, 0) is 14.3 Å². The number of carbonyl (C=O) groups is 1. The molecule has 268 valence electrons. The summed E-state index contributed by atoms with van der Waals surface area (Å²) in [6, 6.07) is 0. The van der Waals surface area contributed by atoms with Gasteiger partial charge in [0, 0.05) is 10.8 Å². The van der Waals surface area contributed by atoms with Crippen LogP contribution in [0, 0.1) is 50.2 Å². The van der Waals surface area contributed by atoms with E-state index in [9.17, 15) is 45.6 Å². The summed E-state index contributed by atoms with van der Waals surface area (Å²) in [4.78, 5) is 12.9. The second kappa shape index (κ2) is 12.8. The molecular formula is C36H57NaO11. The fourth-order valence-corrected chi connectivity index (χ4v) is 12.4. The summed E-state index contributed by atoms with van der Waals surface area (Å²) in [5.74, 6) is -1.57. The van der Waals surface area contributed by atoms with E-state index < -0.39 is 83.3 Å². The van der Waals surface area contributed by atoms with E-state index in [-0.39, 0.29) is 64.7 Å². The largest absolute Gasteiger partial charge is 1.00 e. The molecule has 7 N–H and O–H groups in total. The van der Waals surface area contributed by atoms with Gasteiger partial charge in [-0.15, -0.1) is 0 Å². The summed E-state index contributed by atoms with van der Waals surface area (Å²) in [5, 5.41) is 88.7. The predicted molar refractivity (Wildman–Crippen MR) is 167 cm³/mol. The molecule has 0 spiro atoms. The molecular weight excluding hydrogens is 631 g/mol. The van der Waals surface area contributed by atoms with Crippen molar-refractivity contribution in [1.82, 2.24) is 0 Å². The number of ether oxygens (including phenoxy) is 2. The van der Waals surface area contributed by atoms with Crippen LogP contribution in [0.1, 0.15) is 92.9 Å². The second-order valence-corrected chi connectivity index (χ2v) is 18.0. The molecule has 4 saturated carbocycles. The number of carboxylic acid groups (broad SMARTS) is 1. The minimum atomic E-state index is -1.64. The van der Waals surface area contributed by atoms with Gasteiger partial charge in [-0.1, -0.05) is 53.2 Å². The summed E-state index contributed by atoms with van der Waals surface area (Å²) >= 11 is 0. The first kappa shape index (κ1) is 39.1. The molecule has 16 atom stereocenters. The van der Waals surface area contributed by atoms with Gasteiger partial charge in [-0.05, 0) is 90.8 Å². The third-order valence-electron chi connectivity index (χ3n) is 15.2. The van der Waals surface area contributed by atoms with Crippen molar-refractivity contribution in [3.63, 3.8) is 0 Å². The van der Waals surface area contributed by atoms with Gasteiger partial charge >= 0.3 is 29.6 Å². The molecule has 0 radical (unpaired) electrons.